The fraction of sp³-hybridized carbons (Fsp3) is 0.138. The normalized spacial score (nSPS) is 12.1. The third kappa shape index (κ3) is 4.95. The number of amidine groups is 1. The molecule has 8 nitrogen and oxygen atoms in total. The Morgan fingerprint density at radius 1 is 0.811 bits per heavy atom. The molecular weight excluding hydrogens is 466 g/mol. The summed E-state index contributed by atoms with van der Waals surface area (Å²) in [5, 5.41) is 36.0. The molecule has 0 saturated carbocycles. The molecule has 37 heavy (non-hydrogen) atoms. The van der Waals surface area contributed by atoms with Gasteiger partial charge in [-0.05, 0) is 62.6 Å². The van der Waals surface area contributed by atoms with Crippen LogP contribution in [0.3, 0.4) is 0 Å². The van der Waals surface area contributed by atoms with E-state index in [9.17, 15) is 15.3 Å². The van der Waals surface area contributed by atoms with Crippen molar-refractivity contribution in [1.82, 2.24) is 9.78 Å². The van der Waals surface area contributed by atoms with Crippen molar-refractivity contribution >= 4 is 17.5 Å². The summed E-state index contributed by atoms with van der Waals surface area (Å²) in [6.45, 7) is 11.2. The first-order valence-corrected chi connectivity index (χ1v) is 11.6. The maximum absolute atomic E-state index is 10.9. The zero-order valence-corrected chi connectivity index (χ0v) is 21.2. The molecule has 188 valence electrons. The number of hydrogen-bond donors (Lipinski definition) is 4. The lowest BCUT2D eigenvalue weighted by atomic mass is 10.0. The zero-order valence-electron chi connectivity index (χ0n) is 21.2. The van der Waals surface area contributed by atoms with Crippen molar-refractivity contribution in [2.24, 2.45) is 15.7 Å². The molecule has 0 fully saturated rings. The number of rotatable bonds is 4. The Bertz CT molecular complexity index is 1570. The predicted molar refractivity (Wildman–Crippen MR) is 147 cm³/mol. The van der Waals surface area contributed by atoms with E-state index < -0.39 is 0 Å². The first-order valence-electron chi connectivity index (χ1n) is 11.6. The molecule has 0 aliphatic heterocycles. The molecule has 8 heteroatoms. The lowest BCUT2D eigenvalue weighted by Gasteiger charge is -2.12. The van der Waals surface area contributed by atoms with Crippen LogP contribution in [-0.4, -0.2) is 36.9 Å². The Hall–Kier alpha value is -4.85. The van der Waals surface area contributed by atoms with Gasteiger partial charge in [-0.1, -0.05) is 43.0 Å². The van der Waals surface area contributed by atoms with E-state index in [2.05, 4.69) is 21.7 Å². The largest absolute Gasteiger partial charge is 0.508 e. The predicted octanol–water partition coefficient (Wildman–Crippen LogP) is 5.18. The molecule has 0 radical (unpaired) electrons. The molecule has 0 spiro atoms. The fourth-order valence-corrected chi connectivity index (χ4v) is 3.86. The Morgan fingerprint density at radius 2 is 1.46 bits per heavy atom. The fourth-order valence-electron chi connectivity index (χ4n) is 3.86. The number of phenols is 3. The van der Waals surface area contributed by atoms with E-state index in [0.717, 1.165) is 22.4 Å². The van der Waals surface area contributed by atoms with Gasteiger partial charge in [0, 0.05) is 22.9 Å². The van der Waals surface area contributed by atoms with Crippen LogP contribution >= 0.6 is 0 Å². The van der Waals surface area contributed by atoms with Crippen LogP contribution in [0.15, 0.2) is 77.4 Å². The van der Waals surface area contributed by atoms with Gasteiger partial charge in [0.25, 0.3) is 0 Å². The molecule has 4 rings (SSSR count). The van der Waals surface area contributed by atoms with Crippen molar-refractivity contribution in [2.75, 3.05) is 0 Å². The first-order chi connectivity index (χ1) is 17.6. The highest BCUT2D eigenvalue weighted by Crippen LogP contribution is 2.34. The number of aliphatic imine (C=N–C) groups is 2. The van der Waals surface area contributed by atoms with Gasteiger partial charge in [0.15, 0.2) is 5.84 Å². The highest BCUT2D eigenvalue weighted by atomic mass is 16.3. The summed E-state index contributed by atoms with van der Waals surface area (Å²) in [7, 11) is 0. The lowest BCUT2D eigenvalue weighted by Crippen LogP contribution is -2.24. The standard InChI is InChI=1S/C29H29N5O3/c1-16-11-12-23(26(36)18(16)3)28(31-20(5)22-13-14-24(35)19(4)27(22)37)32-29(30)34-15-17(2)25(33-34)21-9-7-6-8-10-21/h6-15,35-37H,5H2,1-4H3,(H2,30,31,32). The van der Waals surface area contributed by atoms with Gasteiger partial charge in [-0.15, -0.1) is 0 Å². The molecule has 0 unspecified atom stereocenters. The average Bonchev–Trinajstić information content (AvgIpc) is 3.28. The molecular formula is C29H29N5O3. The summed E-state index contributed by atoms with van der Waals surface area (Å²) in [6, 6.07) is 16.2. The third-order valence-electron chi connectivity index (χ3n) is 6.30. The van der Waals surface area contributed by atoms with Crippen LogP contribution in [0.5, 0.6) is 17.2 Å². The van der Waals surface area contributed by atoms with Gasteiger partial charge in [-0.3, -0.25) is 0 Å². The van der Waals surface area contributed by atoms with E-state index in [-0.39, 0.29) is 34.7 Å². The minimum absolute atomic E-state index is 0.0100. The van der Waals surface area contributed by atoms with Crippen LogP contribution in [0, 0.1) is 27.7 Å². The van der Waals surface area contributed by atoms with Crippen LogP contribution in [0.4, 0.5) is 0 Å². The Balaban J connectivity index is 1.84. The number of phenolic OH excluding ortho intramolecular Hbond substituents is 3. The molecule has 4 aromatic rings. The minimum Gasteiger partial charge on any atom is -0.508 e. The van der Waals surface area contributed by atoms with Crippen LogP contribution < -0.4 is 5.73 Å². The molecule has 3 aromatic carbocycles. The van der Waals surface area contributed by atoms with Gasteiger partial charge in [-0.2, -0.15) is 10.1 Å². The molecule has 0 aliphatic carbocycles. The number of aryl methyl sites for hydroxylation is 2. The number of nitrogens with zero attached hydrogens (tertiary/aromatic N) is 4. The molecule has 1 heterocycles. The first kappa shape index (κ1) is 25.2. The van der Waals surface area contributed by atoms with Gasteiger partial charge in [0.05, 0.1) is 17.0 Å². The van der Waals surface area contributed by atoms with Gasteiger partial charge >= 0.3 is 0 Å². The second kappa shape index (κ2) is 10.0. The smallest absolute Gasteiger partial charge is 0.223 e. The summed E-state index contributed by atoms with van der Waals surface area (Å²) in [5.41, 5.74) is 11.7. The molecule has 5 N–H and O–H groups in total. The summed E-state index contributed by atoms with van der Waals surface area (Å²) < 4.78 is 1.45. The van der Waals surface area contributed by atoms with Crippen molar-refractivity contribution in [3.8, 4) is 28.5 Å². The van der Waals surface area contributed by atoms with Crippen LogP contribution in [0.1, 0.15) is 33.4 Å². The summed E-state index contributed by atoms with van der Waals surface area (Å²) >= 11 is 0. The maximum atomic E-state index is 10.9. The number of aromatic nitrogens is 2. The molecule has 0 amide bonds. The van der Waals surface area contributed by atoms with E-state index in [1.165, 1.54) is 16.8 Å². The van der Waals surface area contributed by atoms with Crippen molar-refractivity contribution in [2.45, 2.75) is 27.7 Å². The van der Waals surface area contributed by atoms with Crippen LogP contribution in [0.25, 0.3) is 17.0 Å². The van der Waals surface area contributed by atoms with E-state index >= 15 is 0 Å². The molecule has 1 aromatic heterocycles. The quantitative estimate of drug-likeness (QED) is 0.229. The van der Waals surface area contributed by atoms with E-state index in [1.54, 1.807) is 26.1 Å². The van der Waals surface area contributed by atoms with Gasteiger partial charge in [0.1, 0.15) is 17.2 Å². The van der Waals surface area contributed by atoms with E-state index in [1.807, 2.05) is 50.2 Å². The topological polar surface area (TPSA) is 129 Å². The Morgan fingerprint density at radius 3 is 2.16 bits per heavy atom. The monoisotopic (exact) mass is 495 g/mol. The minimum atomic E-state index is -0.149. The van der Waals surface area contributed by atoms with Crippen molar-refractivity contribution in [1.29, 1.82) is 0 Å². The zero-order chi connectivity index (χ0) is 26.9. The van der Waals surface area contributed by atoms with Crippen LogP contribution in [0.2, 0.25) is 0 Å². The maximum Gasteiger partial charge on any atom is 0.223 e. The summed E-state index contributed by atoms with van der Waals surface area (Å²) in [4.78, 5) is 9.07. The Labute approximate surface area is 215 Å². The van der Waals surface area contributed by atoms with Crippen molar-refractivity contribution in [3.63, 3.8) is 0 Å². The van der Waals surface area contributed by atoms with E-state index in [4.69, 9.17) is 5.73 Å². The van der Waals surface area contributed by atoms with Gasteiger partial charge in [-0.25, -0.2) is 9.67 Å². The third-order valence-corrected chi connectivity index (χ3v) is 6.30. The average molecular weight is 496 g/mol. The Kier molecular flexibility index (Phi) is 6.84. The van der Waals surface area contributed by atoms with E-state index in [0.29, 0.717) is 22.3 Å². The molecule has 0 bridgehead atoms. The van der Waals surface area contributed by atoms with Gasteiger partial charge in [0.2, 0.25) is 5.96 Å². The number of nitrogens with two attached hydrogens (primary N) is 1. The van der Waals surface area contributed by atoms with Crippen molar-refractivity contribution in [3.05, 3.63) is 101 Å². The lowest BCUT2D eigenvalue weighted by molar-refractivity contribution is 0.442. The number of hydrogen-bond acceptors (Lipinski definition) is 5. The number of benzene rings is 3. The van der Waals surface area contributed by atoms with Gasteiger partial charge < -0.3 is 21.1 Å². The SMILES string of the molecule is C=C(/N=C(\N=C(/N)n1cc(C)c(-c2ccccc2)n1)c1ccc(C)c(C)c1O)c1ccc(O)c(C)c1O. The second-order valence-corrected chi connectivity index (χ2v) is 8.83. The molecule has 0 atom stereocenters. The molecule has 0 aliphatic rings. The summed E-state index contributed by atoms with van der Waals surface area (Å²) in [6.07, 6.45) is 1.77. The summed E-state index contributed by atoms with van der Waals surface area (Å²) in [5.74, 6) is -0.0702. The van der Waals surface area contributed by atoms with Crippen LogP contribution in [-0.2, 0) is 0 Å². The number of aromatic hydroxyl groups is 3. The highest BCUT2D eigenvalue weighted by molar-refractivity contribution is 6.09. The van der Waals surface area contributed by atoms with Crippen molar-refractivity contribution < 1.29 is 15.3 Å². The highest BCUT2D eigenvalue weighted by Gasteiger charge is 2.17. The second-order valence-electron chi connectivity index (χ2n) is 8.83. The molecule has 0 saturated heterocycles.